The summed E-state index contributed by atoms with van der Waals surface area (Å²) < 4.78 is 5.88. The first-order valence-electron chi connectivity index (χ1n) is 9.25. The molecule has 1 amide bonds. The van der Waals surface area contributed by atoms with Crippen LogP contribution in [-0.2, 0) is 11.2 Å². The van der Waals surface area contributed by atoms with Gasteiger partial charge in [0.05, 0.1) is 18.1 Å². The summed E-state index contributed by atoms with van der Waals surface area (Å²) in [4.78, 5) is 15.3. The summed E-state index contributed by atoms with van der Waals surface area (Å²) in [6, 6.07) is 4.51. The van der Waals surface area contributed by atoms with Crippen molar-refractivity contribution >= 4 is 12.0 Å². The molecule has 3 rings (SSSR count). The third-order valence-electron chi connectivity index (χ3n) is 5.14. The fourth-order valence-corrected chi connectivity index (χ4v) is 3.52. The van der Waals surface area contributed by atoms with Crippen LogP contribution >= 0.6 is 0 Å². The predicted molar refractivity (Wildman–Crippen MR) is 100 cm³/mol. The lowest BCUT2D eigenvalue weighted by molar-refractivity contribution is -0.109. The molecule has 1 heterocycles. The van der Waals surface area contributed by atoms with Crippen LogP contribution in [0, 0.1) is 23.7 Å². The minimum atomic E-state index is -0.198. The van der Waals surface area contributed by atoms with Crippen molar-refractivity contribution in [2.24, 2.45) is 5.41 Å². The summed E-state index contributed by atoms with van der Waals surface area (Å²) in [5, 5.41) is 12.1. The number of ether oxygens (including phenoxy) is 1. The number of aryl methyl sites for hydroxylation is 1. The van der Waals surface area contributed by atoms with Gasteiger partial charge in [0.25, 0.3) is 0 Å². The van der Waals surface area contributed by atoms with Gasteiger partial charge in [0, 0.05) is 18.7 Å². The zero-order chi connectivity index (χ0) is 18.6. The number of carbonyl (C=O) groups is 1. The molecule has 2 aliphatic rings. The Kier molecular flexibility index (Phi) is 5.41. The van der Waals surface area contributed by atoms with Gasteiger partial charge in [-0.1, -0.05) is 12.2 Å². The highest BCUT2D eigenvalue weighted by atomic mass is 16.5. The average molecular weight is 351 g/mol. The normalized spacial score (nSPS) is 17.6. The van der Waals surface area contributed by atoms with Gasteiger partial charge >= 0.3 is 0 Å². The number of amides is 1. The topological polar surface area (TPSA) is 75.0 Å². The molecule has 0 spiro atoms. The Morgan fingerprint density at radius 2 is 2.19 bits per heavy atom. The highest BCUT2D eigenvalue weighted by Gasteiger charge is 2.46. The second-order valence-electron chi connectivity index (χ2n) is 6.94. The third kappa shape index (κ3) is 3.65. The van der Waals surface area contributed by atoms with Crippen molar-refractivity contribution in [1.82, 2.24) is 10.3 Å². The molecule has 1 saturated carbocycles. The van der Waals surface area contributed by atoms with E-state index in [9.17, 15) is 10.1 Å². The molecule has 0 radical (unpaired) electrons. The number of hydrogen-bond acceptors (Lipinski definition) is 4. The van der Waals surface area contributed by atoms with Crippen LogP contribution in [-0.4, -0.2) is 24.5 Å². The molecule has 5 nitrogen and oxygen atoms in total. The van der Waals surface area contributed by atoms with E-state index in [1.165, 1.54) is 5.57 Å². The van der Waals surface area contributed by atoms with Gasteiger partial charge in [-0.15, -0.1) is 0 Å². The number of pyridine rings is 1. The van der Waals surface area contributed by atoms with Crippen molar-refractivity contribution in [2.45, 2.75) is 46.0 Å². The summed E-state index contributed by atoms with van der Waals surface area (Å²) in [7, 11) is 0. The Morgan fingerprint density at radius 1 is 1.38 bits per heavy atom. The molecular weight excluding hydrogens is 326 g/mol. The van der Waals surface area contributed by atoms with Crippen molar-refractivity contribution in [3.63, 3.8) is 0 Å². The first kappa shape index (κ1) is 18.2. The van der Waals surface area contributed by atoms with E-state index in [0.717, 1.165) is 54.0 Å². The Hall–Kier alpha value is -2.61. The second kappa shape index (κ2) is 7.74. The first-order chi connectivity index (χ1) is 12.6. The molecule has 5 heteroatoms. The lowest BCUT2D eigenvalue weighted by Gasteiger charge is -2.21. The van der Waals surface area contributed by atoms with Crippen molar-refractivity contribution in [2.75, 3.05) is 13.2 Å². The minimum Gasteiger partial charge on any atom is -0.491 e. The predicted octanol–water partition coefficient (Wildman–Crippen LogP) is 3.48. The van der Waals surface area contributed by atoms with Crippen LogP contribution in [0.15, 0.2) is 23.8 Å². The Morgan fingerprint density at radius 3 is 2.77 bits per heavy atom. The molecule has 0 unspecified atom stereocenters. The lowest BCUT2D eigenvalue weighted by Crippen LogP contribution is -2.16. The van der Waals surface area contributed by atoms with Gasteiger partial charge in [0.15, 0.2) is 0 Å². The van der Waals surface area contributed by atoms with Gasteiger partial charge in [-0.2, -0.15) is 5.26 Å². The van der Waals surface area contributed by atoms with E-state index in [1.807, 2.05) is 19.9 Å². The smallest absolute Gasteiger partial charge is 0.207 e. The number of hydrogen-bond donors (Lipinski definition) is 1. The molecule has 0 bridgehead atoms. The quantitative estimate of drug-likeness (QED) is 0.575. The highest BCUT2D eigenvalue weighted by molar-refractivity contribution is 5.72. The molecule has 1 aromatic heterocycles. The van der Waals surface area contributed by atoms with Crippen LogP contribution in [0.25, 0.3) is 5.57 Å². The largest absolute Gasteiger partial charge is 0.491 e. The number of carbonyl (C=O) groups excluding carboxylic acids is 1. The molecule has 0 aliphatic heterocycles. The van der Waals surface area contributed by atoms with Gasteiger partial charge in [-0.3, -0.25) is 4.79 Å². The van der Waals surface area contributed by atoms with E-state index in [-0.39, 0.29) is 5.41 Å². The SMILES string of the molecule is CCOc1c(C)cc(CCNC=O)nc1C1=CC=C(C2(C#N)CC2)CC1. The van der Waals surface area contributed by atoms with Gasteiger partial charge < -0.3 is 10.1 Å². The van der Waals surface area contributed by atoms with E-state index in [2.05, 4.69) is 23.5 Å². The van der Waals surface area contributed by atoms with Crippen molar-refractivity contribution in [1.29, 1.82) is 5.26 Å². The molecule has 0 atom stereocenters. The highest BCUT2D eigenvalue weighted by Crippen LogP contribution is 2.54. The van der Waals surface area contributed by atoms with Crippen LogP contribution in [0.1, 0.15) is 49.6 Å². The molecule has 1 aromatic rings. The zero-order valence-electron chi connectivity index (χ0n) is 15.5. The first-order valence-corrected chi connectivity index (χ1v) is 9.25. The minimum absolute atomic E-state index is 0.198. The van der Waals surface area contributed by atoms with E-state index in [0.29, 0.717) is 26.0 Å². The van der Waals surface area contributed by atoms with Crippen LogP contribution < -0.4 is 10.1 Å². The molecular formula is C21H25N3O2. The monoisotopic (exact) mass is 351 g/mol. The molecule has 136 valence electrons. The number of allylic oxidation sites excluding steroid dienone is 4. The van der Waals surface area contributed by atoms with Crippen LogP contribution in [0.3, 0.4) is 0 Å². The van der Waals surface area contributed by atoms with E-state index >= 15 is 0 Å². The van der Waals surface area contributed by atoms with Gasteiger partial charge in [0.1, 0.15) is 11.4 Å². The Labute approximate surface area is 154 Å². The zero-order valence-corrected chi connectivity index (χ0v) is 15.5. The summed E-state index contributed by atoms with van der Waals surface area (Å²) in [6.07, 6.45) is 9.36. The number of aromatic nitrogens is 1. The number of nitrogens with zero attached hydrogens (tertiary/aromatic N) is 2. The van der Waals surface area contributed by atoms with Crippen LogP contribution in [0.4, 0.5) is 0 Å². The maximum atomic E-state index is 10.5. The second-order valence-corrected chi connectivity index (χ2v) is 6.94. The molecule has 0 aromatic carbocycles. The van der Waals surface area contributed by atoms with Gasteiger partial charge in [-0.05, 0) is 62.3 Å². The van der Waals surface area contributed by atoms with Crippen LogP contribution in [0.2, 0.25) is 0 Å². The fourth-order valence-electron chi connectivity index (χ4n) is 3.52. The van der Waals surface area contributed by atoms with Gasteiger partial charge in [0.2, 0.25) is 6.41 Å². The summed E-state index contributed by atoms with van der Waals surface area (Å²) >= 11 is 0. The summed E-state index contributed by atoms with van der Waals surface area (Å²) in [6.45, 7) is 5.17. The number of rotatable bonds is 8. The van der Waals surface area contributed by atoms with E-state index in [1.54, 1.807) is 0 Å². The maximum absolute atomic E-state index is 10.5. The van der Waals surface area contributed by atoms with Crippen LogP contribution in [0.5, 0.6) is 5.75 Å². The van der Waals surface area contributed by atoms with Crippen molar-refractivity contribution < 1.29 is 9.53 Å². The maximum Gasteiger partial charge on any atom is 0.207 e. The van der Waals surface area contributed by atoms with E-state index < -0.39 is 0 Å². The molecule has 2 aliphatic carbocycles. The summed E-state index contributed by atoms with van der Waals surface area (Å²) in [5.41, 5.74) is 5.11. The Bertz CT molecular complexity index is 798. The van der Waals surface area contributed by atoms with Gasteiger partial charge in [-0.25, -0.2) is 4.98 Å². The molecule has 1 fully saturated rings. The molecule has 1 N–H and O–H groups in total. The molecule has 26 heavy (non-hydrogen) atoms. The Balaban J connectivity index is 1.92. The van der Waals surface area contributed by atoms with Crippen molar-refractivity contribution in [3.8, 4) is 11.8 Å². The van der Waals surface area contributed by atoms with E-state index in [4.69, 9.17) is 9.72 Å². The lowest BCUT2D eigenvalue weighted by atomic mass is 9.86. The number of nitrogens with one attached hydrogen (secondary N) is 1. The van der Waals surface area contributed by atoms with Crippen molar-refractivity contribution in [3.05, 3.63) is 40.7 Å². The summed E-state index contributed by atoms with van der Waals surface area (Å²) in [5.74, 6) is 0.837. The standard InChI is InChI=1S/C21H25N3O2/c1-3-26-20-15(2)12-18(8-11-23-14-25)24-19(20)16-4-6-17(7-5-16)21(13-22)9-10-21/h4,6,12,14H,3,5,7-11H2,1-2H3,(H,23,25). The number of nitriles is 1. The molecule has 0 saturated heterocycles. The average Bonchev–Trinajstić information content (AvgIpc) is 3.45. The third-order valence-corrected chi connectivity index (χ3v) is 5.14. The fraction of sp³-hybridized carbons (Fsp3) is 0.476.